The zero-order chi connectivity index (χ0) is 22.4. The summed E-state index contributed by atoms with van der Waals surface area (Å²) in [6.45, 7) is 12.6. The van der Waals surface area contributed by atoms with E-state index in [2.05, 4.69) is 34.6 Å². The van der Waals surface area contributed by atoms with E-state index in [0.717, 1.165) is 47.8 Å². The Kier molecular flexibility index (Phi) is 6.87. The summed E-state index contributed by atoms with van der Waals surface area (Å²) in [6.07, 6.45) is 16.9. The summed E-state index contributed by atoms with van der Waals surface area (Å²) in [7, 11) is 0. The summed E-state index contributed by atoms with van der Waals surface area (Å²) in [6, 6.07) is 0. The fourth-order valence-electron chi connectivity index (χ4n) is 9.80. The maximum absolute atomic E-state index is 11.3. The van der Waals surface area contributed by atoms with E-state index in [1.165, 1.54) is 70.6 Å². The predicted octanol–water partition coefficient (Wildman–Crippen LogP) is 8.20. The monoisotopic (exact) mass is 430 g/mol. The molecule has 4 fully saturated rings. The molecule has 178 valence electrons. The van der Waals surface area contributed by atoms with Gasteiger partial charge in [0.1, 0.15) is 0 Å². The third-order valence-corrected chi connectivity index (χ3v) is 11.4. The van der Waals surface area contributed by atoms with Gasteiger partial charge >= 0.3 is 5.97 Å². The molecule has 9 atom stereocenters. The van der Waals surface area contributed by atoms with Crippen LogP contribution in [0.1, 0.15) is 118 Å². The van der Waals surface area contributed by atoms with Crippen molar-refractivity contribution in [2.24, 2.45) is 58.2 Å². The predicted molar refractivity (Wildman–Crippen MR) is 129 cm³/mol. The Hall–Kier alpha value is -0.530. The number of aliphatic carboxylic acids is 1. The number of hydrogen-bond donors (Lipinski definition) is 1. The number of rotatable bonds is 7. The highest BCUT2D eigenvalue weighted by Gasteiger charge is 2.60. The first-order chi connectivity index (χ1) is 14.6. The van der Waals surface area contributed by atoms with Crippen molar-refractivity contribution in [3.05, 3.63) is 0 Å². The smallest absolute Gasteiger partial charge is 0.303 e. The standard InChI is InChI=1S/C29H50O2/c1-19(2)7-6-8-20(3)24-11-12-25-23-10-9-22-17-21(18-27(30)31)13-15-28(22,4)26(23)14-16-29(24,25)5/h19-26H,6-18H2,1-5H3,(H,30,31)/t20-,21?,22?,23?,24-,25?,26?,28+,29-/m1/s1. The van der Waals surface area contributed by atoms with Gasteiger partial charge in [-0.3, -0.25) is 4.79 Å². The van der Waals surface area contributed by atoms with Gasteiger partial charge in [-0.1, -0.05) is 53.9 Å². The van der Waals surface area contributed by atoms with Crippen molar-refractivity contribution >= 4 is 5.97 Å². The molecule has 2 nitrogen and oxygen atoms in total. The minimum atomic E-state index is -0.588. The first-order valence-electron chi connectivity index (χ1n) is 13.9. The fourth-order valence-corrected chi connectivity index (χ4v) is 9.80. The molecule has 5 unspecified atom stereocenters. The van der Waals surface area contributed by atoms with Gasteiger partial charge in [-0.2, -0.15) is 0 Å². The molecule has 0 saturated heterocycles. The third kappa shape index (κ3) is 4.35. The summed E-state index contributed by atoms with van der Waals surface area (Å²) < 4.78 is 0. The number of carboxylic acid groups (broad SMARTS) is 1. The largest absolute Gasteiger partial charge is 0.481 e. The average molecular weight is 431 g/mol. The van der Waals surface area contributed by atoms with Crippen molar-refractivity contribution in [2.45, 2.75) is 118 Å². The van der Waals surface area contributed by atoms with Gasteiger partial charge in [0.15, 0.2) is 0 Å². The fraction of sp³-hybridized carbons (Fsp3) is 0.966. The quantitative estimate of drug-likeness (QED) is 0.442. The Morgan fingerprint density at radius 1 is 0.903 bits per heavy atom. The van der Waals surface area contributed by atoms with Gasteiger partial charge in [-0.05, 0) is 116 Å². The number of carboxylic acids is 1. The van der Waals surface area contributed by atoms with Crippen LogP contribution in [0.4, 0.5) is 0 Å². The molecule has 0 aromatic carbocycles. The summed E-state index contributed by atoms with van der Waals surface area (Å²) in [5.74, 6) is 6.12. The number of carbonyl (C=O) groups is 1. The van der Waals surface area contributed by atoms with Crippen LogP contribution in [0.25, 0.3) is 0 Å². The average Bonchev–Trinajstić information content (AvgIpc) is 3.05. The van der Waals surface area contributed by atoms with Crippen LogP contribution in [0, 0.1) is 58.2 Å². The molecule has 4 aliphatic rings. The second-order valence-corrected chi connectivity index (χ2v) is 13.4. The van der Waals surface area contributed by atoms with Crippen LogP contribution in [-0.2, 0) is 4.79 Å². The molecule has 0 aromatic heterocycles. The molecule has 0 aromatic rings. The van der Waals surface area contributed by atoms with E-state index in [9.17, 15) is 9.90 Å². The van der Waals surface area contributed by atoms with Crippen LogP contribution >= 0.6 is 0 Å². The van der Waals surface area contributed by atoms with Crippen molar-refractivity contribution in [2.75, 3.05) is 0 Å². The second kappa shape index (κ2) is 9.02. The molecule has 4 rings (SSSR count). The highest BCUT2D eigenvalue weighted by Crippen LogP contribution is 2.68. The maximum atomic E-state index is 11.3. The topological polar surface area (TPSA) is 37.3 Å². The van der Waals surface area contributed by atoms with E-state index in [-0.39, 0.29) is 0 Å². The first kappa shape index (κ1) is 23.6. The molecule has 1 N–H and O–H groups in total. The van der Waals surface area contributed by atoms with Crippen LogP contribution in [0.15, 0.2) is 0 Å². The maximum Gasteiger partial charge on any atom is 0.303 e. The zero-order valence-electron chi connectivity index (χ0n) is 21.2. The van der Waals surface area contributed by atoms with Gasteiger partial charge in [0.05, 0.1) is 0 Å². The van der Waals surface area contributed by atoms with E-state index >= 15 is 0 Å². The summed E-state index contributed by atoms with van der Waals surface area (Å²) in [5, 5.41) is 9.30. The third-order valence-electron chi connectivity index (χ3n) is 11.4. The molecule has 0 bridgehead atoms. The van der Waals surface area contributed by atoms with Crippen LogP contribution < -0.4 is 0 Å². The van der Waals surface area contributed by atoms with Gasteiger partial charge in [-0.15, -0.1) is 0 Å². The van der Waals surface area contributed by atoms with E-state index in [0.29, 0.717) is 23.2 Å². The Morgan fingerprint density at radius 2 is 1.61 bits per heavy atom. The molecule has 0 amide bonds. The highest BCUT2D eigenvalue weighted by molar-refractivity contribution is 5.67. The molecular formula is C29H50O2. The lowest BCUT2D eigenvalue weighted by Crippen LogP contribution is -2.53. The Bertz CT molecular complexity index is 641. The van der Waals surface area contributed by atoms with Crippen LogP contribution in [-0.4, -0.2) is 11.1 Å². The Morgan fingerprint density at radius 3 is 2.32 bits per heavy atom. The van der Waals surface area contributed by atoms with Crippen LogP contribution in [0.2, 0.25) is 0 Å². The number of hydrogen-bond acceptors (Lipinski definition) is 1. The zero-order valence-corrected chi connectivity index (χ0v) is 21.2. The molecule has 0 spiro atoms. The van der Waals surface area contributed by atoms with Gasteiger partial charge in [0.25, 0.3) is 0 Å². The Labute approximate surface area is 192 Å². The van der Waals surface area contributed by atoms with Gasteiger partial charge in [0, 0.05) is 6.42 Å². The molecule has 31 heavy (non-hydrogen) atoms. The SMILES string of the molecule is CC(C)CCC[C@@H](C)[C@H]1CCC2C3CCC4CC(CC(=O)O)CC[C@]4(C)C3CC[C@@]21C. The number of fused-ring (bicyclic) bond motifs is 5. The van der Waals surface area contributed by atoms with E-state index < -0.39 is 5.97 Å². The van der Waals surface area contributed by atoms with Gasteiger partial charge < -0.3 is 5.11 Å². The van der Waals surface area contributed by atoms with Gasteiger partial charge in [0.2, 0.25) is 0 Å². The lowest BCUT2D eigenvalue weighted by Gasteiger charge is -2.61. The summed E-state index contributed by atoms with van der Waals surface area (Å²) in [4.78, 5) is 11.3. The first-order valence-corrected chi connectivity index (χ1v) is 13.9. The van der Waals surface area contributed by atoms with Gasteiger partial charge in [-0.25, -0.2) is 0 Å². The molecule has 0 aliphatic heterocycles. The minimum absolute atomic E-state index is 0.401. The highest BCUT2D eigenvalue weighted by atomic mass is 16.4. The minimum Gasteiger partial charge on any atom is -0.481 e. The van der Waals surface area contributed by atoms with Crippen LogP contribution in [0.3, 0.4) is 0 Å². The van der Waals surface area contributed by atoms with E-state index in [1.807, 2.05) is 0 Å². The molecule has 4 saturated carbocycles. The lowest BCUT2D eigenvalue weighted by molar-refractivity contribution is -0.142. The Balaban J connectivity index is 1.43. The normalized spacial score (nSPS) is 45.6. The summed E-state index contributed by atoms with van der Waals surface area (Å²) >= 11 is 0. The molecule has 0 heterocycles. The molecule has 0 radical (unpaired) electrons. The van der Waals surface area contributed by atoms with E-state index in [1.54, 1.807) is 0 Å². The van der Waals surface area contributed by atoms with Crippen molar-refractivity contribution < 1.29 is 9.90 Å². The van der Waals surface area contributed by atoms with E-state index in [4.69, 9.17) is 0 Å². The summed E-state index contributed by atoms with van der Waals surface area (Å²) in [5.41, 5.74) is 1.07. The molecule has 4 aliphatic carbocycles. The van der Waals surface area contributed by atoms with Crippen molar-refractivity contribution in [1.82, 2.24) is 0 Å². The molecule has 2 heteroatoms. The second-order valence-electron chi connectivity index (χ2n) is 13.4. The van der Waals surface area contributed by atoms with Crippen molar-refractivity contribution in [3.8, 4) is 0 Å². The lowest BCUT2D eigenvalue weighted by atomic mass is 9.44. The van der Waals surface area contributed by atoms with Crippen LogP contribution in [0.5, 0.6) is 0 Å². The van der Waals surface area contributed by atoms with Crippen molar-refractivity contribution in [3.63, 3.8) is 0 Å². The van der Waals surface area contributed by atoms with Crippen molar-refractivity contribution in [1.29, 1.82) is 0 Å². The molecular weight excluding hydrogens is 380 g/mol.